The van der Waals surface area contributed by atoms with E-state index in [9.17, 15) is 4.79 Å². The lowest BCUT2D eigenvalue weighted by Crippen LogP contribution is -2.30. The summed E-state index contributed by atoms with van der Waals surface area (Å²) in [7, 11) is 0. The summed E-state index contributed by atoms with van der Waals surface area (Å²) in [6, 6.07) is 7.08. The number of rotatable bonds is 4. The molecule has 1 unspecified atom stereocenters. The Bertz CT molecular complexity index is 320. The van der Waals surface area contributed by atoms with E-state index in [1.807, 2.05) is 12.1 Å². The Labute approximate surface area is 89.1 Å². The van der Waals surface area contributed by atoms with Crippen molar-refractivity contribution in [3.63, 3.8) is 0 Å². The molecule has 1 aromatic carbocycles. The minimum absolute atomic E-state index is 0.181. The average Bonchev–Trinajstić information content (AvgIpc) is 2.26. The number of aliphatic hydroxyl groups excluding tert-OH is 1. The van der Waals surface area contributed by atoms with E-state index in [0.717, 1.165) is 5.56 Å². The minimum Gasteiger partial charge on any atom is -0.392 e. The molecule has 1 atom stereocenters. The highest BCUT2D eigenvalue weighted by atomic mass is 16.3. The van der Waals surface area contributed by atoms with Crippen molar-refractivity contribution in [2.45, 2.75) is 19.6 Å². The molecule has 0 aliphatic carbocycles. The number of hydrogen-bond donors (Lipinski definition) is 3. The van der Waals surface area contributed by atoms with Crippen LogP contribution in [0, 0.1) is 0 Å². The van der Waals surface area contributed by atoms with E-state index >= 15 is 0 Å². The molecule has 82 valence electrons. The maximum Gasteiger partial charge on any atom is 0.251 e. The van der Waals surface area contributed by atoms with Crippen LogP contribution >= 0.6 is 0 Å². The fraction of sp³-hybridized carbons (Fsp3) is 0.364. The topological polar surface area (TPSA) is 75.3 Å². The lowest BCUT2D eigenvalue weighted by Gasteiger charge is -2.07. The fourth-order valence-electron chi connectivity index (χ4n) is 1.13. The zero-order valence-electron chi connectivity index (χ0n) is 8.73. The number of hydrogen-bond acceptors (Lipinski definition) is 3. The van der Waals surface area contributed by atoms with Gasteiger partial charge in [0.05, 0.1) is 6.10 Å². The second kappa shape index (κ2) is 5.48. The van der Waals surface area contributed by atoms with Crippen molar-refractivity contribution in [1.82, 2.24) is 5.32 Å². The van der Waals surface area contributed by atoms with E-state index < -0.39 is 6.10 Å². The minimum atomic E-state index is -0.530. The van der Waals surface area contributed by atoms with Crippen LogP contribution in [0.25, 0.3) is 0 Å². The van der Waals surface area contributed by atoms with Gasteiger partial charge >= 0.3 is 0 Å². The summed E-state index contributed by atoms with van der Waals surface area (Å²) in [4.78, 5) is 11.5. The van der Waals surface area contributed by atoms with Crippen molar-refractivity contribution >= 4 is 5.91 Å². The van der Waals surface area contributed by atoms with E-state index in [4.69, 9.17) is 10.8 Å². The van der Waals surface area contributed by atoms with Crippen LogP contribution < -0.4 is 11.1 Å². The van der Waals surface area contributed by atoms with Crippen molar-refractivity contribution in [3.8, 4) is 0 Å². The smallest absolute Gasteiger partial charge is 0.251 e. The Balaban J connectivity index is 2.58. The number of nitrogens with two attached hydrogens (primary N) is 1. The third-order valence-corrected chi connectivity index (χ3v) is 2.01. The monoisotopic (exact) mass is 208 g/mol. The van der Waals surface area contributed by atoms with E-state index in [-0.39, 0.29) is 12.5 Å². The molecular weight excluding hydrogens is 192 g/mol. The molecule has 0 heterocycles. The Morgan fingerprint density at radius 3 is 2.53 bits per heavy atom. The van der Waals surface area contributed by atoms with Gasteiger partial charge in [-0.2, -0.15) is 0 Å². The second-order valence-corrected chi connectivity index (χ2v) is 3.46. The highest BCUT2D eigenvalue weighted by Crippen LogP contribution is 2.03. The van der Waals surface area contributed by atoms with Gasteiger partial charge in [0.25, 0.3) is 5.91 Å². The molecule has 4 nitrogen and oxygen atoms in total. The van der Waals surface area contributed by atoms with Gasteiger partial charge in [-0.3, -0.25) is 4.79 Å². The number of amides is 1. The van der Waals surface area contributed by atoms with Crippen molar-refractivity contribution in [3.05, 3.63) is 35.4 Å². The van der Waals surface area contributed by atoms with E-state index in [2.05, 4.69) is 5.32 Å². The van der Waals surface area contributed by atoms with Gasteiger partial charge in [0.2, 0.25) is 0 Å². The molecular formula is C11H16N2O2. The molecule has 15 heavy (non-hydrogen) atoms. The highest BCUT2D eigenvalue weighted by Gasteiger charge is 2.05. The third kappa shape index (κ3) is 3.69. The first-order valence-electron chi connectivity index (χ1n) is 4.88. The third-order valence-electron chi connectivity index (χ3n) is 2.01. The van der Waals surface area contributed by atoms with Gasteiger partial charge in [0, 0.05) is 18.7 Å². The molecule has 0 spiro atoms. The Kier molecular flexibility index (Phi) is 4.27. The van der Waals surface area contributed by atoms with Crippen LogP contribution in [0.1, 0.15) is 22.8 Å². The van der Waals surface area contributed by atoms with E-state index in [1.54, 1.807) is 19.1 Å². The van der Waals surface area contributed by atoms with Crippen LogP contribution in [-0.2, 0) is 6.54 Å². The van der Waals surface area contributed by atoms with Crippen LogP contribution in [0.4, 0.5) is 0 Å². The molecule has 0 bridgehead atoms. The molecule has 4 N–H and O–H groups in total. The number of carbonyl (C=O) groups is 1. The van der Waals surface area contributed by atoms with Gasteiger partial charge in [-0.05, 0) is 24.6 Å². The lowest BCUT2D eigenvalue weighted by atomic mass is 10.1. The van der Waals surface area contributed by atoms with Crippen molar-refractivity contribution in [1.29, 1.82) is 0 Å². The lowest BCUT2D eigenvalue weighted by molar-refractivity contribution is 0.0924. The van der Waals surface area contributed by atoms with Crippen LogP contribution in [-0.4, -0.2) is 23.7 Å². The summed E-state index contributed by atoms with van der Waals surface area (Å²) in [6.45, 7) is 2.35. The number of aliphatic hydroxyl groups is 1. The van der Waals surface area contributed by atoms with Gasteiger partial charge < -0.3 is 16.2 Å². The predicted molar refractivity (Wildman–Crippen MR) is 58.3 cm³/mol. The summed E-state index contributed by atoms with van der Waals surface area (Å²) >= 11 is 0. The molecule has 1 amide bonds. The zero-order chi connectivity index (χ0) is 11.3. The average molecular weight is 208 g/mol. The maximum atomic E-state index is 11.5. The van der Waals surface area contributed by atoms with Crippen molar-refractivity contribution in [2.24, 2.45) is 5.73 Å². The molecule has 1 aromatic rings. The van der Waals surface area contributed by atoms with Gasteiger partial charge in [0.15, 0.2) is 0 Å². The molecule has 0 saturated carbocycles. The molecule has 0 radical (unpaired) electrons. The summed E-state index contributed by atoms with van der Waals surface area (Å²) in [5.74, 6) is -0.181. The quantitative estimate of drug-likeness (QED) is 0.664. The predicted octanol–water partition coefficient (Wildman–Crippen LogP) is 0.256. The van der Waals surface area contributed by atoms with Gasteiger partial charge in [-0.1, -0.05) is 12.1 Å². The first-order chi connectivity index (χ1) is 7.13. The van der Waals surface area contributed by atoms with Crippen LogP contribution in [0.3, 0.4) is 0 Å². The summed E-state index contributed by atoms with van der Waals surface area (Å²) in [6.07, 6.45) is -0.530. The second-order valence-electron chi connectivity index (χ2n) is 3.46. The summed E-state index contributed by atoms with van der Waals surface area (Å²) < 4.78 is 0. The number of benzene rings is 1. The Morgan fingerprint density at radius 1 is 1.47 bits per heavy atom. The first-order valence-corrected chi connectivity index (χ1v) is 4.88. The number of nitrogens with one attached hydrogen (secondary N) is 1. The fourth-order valence-corrected chi connectivity index (χ4v) is 1.13. The van der Waals surface area contributed by atoms with Gasteiger partial charge in [0.1, 0.15) is 0 Å². The molecule has 0 aliphatic heterocycles. The molecule has 0 aromatic heterocycles. The normalized spacial score (nSPS) is 12.2. The van der Waals surface area contributed by atoms with Crippen LogP contribution in [0.5, 0.6) is 0 Å². The summed E-state index contributed by atoms with van der Waals surface area (Å²) in [5.41, 5.74) is 7.01. The highest BCUT2D eigenvalue weighted by molar-refractivity contribution is 5.94. The number of carbonyl (C=O) groups excluding carboxylic acids is 1. The van der Waals surface area contributed by atoms with Crippen molar-refractivity contribution in [2.75, 3.05) is 6.54 Å². The molecule has 0 aliphatic rings. The molecule has 0 fully saturated rings. The van der Waals surface area contributed by atoms with Gasteiger partial charge in [-0.15, -0.1) is 0 Å². The Morgan fingerprint density at radius 2 is 2.07 bits per heavy atom. The van der Waals surface area contributed by atoms with Crippen LogP contribution in [0.15, 0.2) is 24.3 Å². The Hall–Kier alpha value is -1.39. The maximum absolute atomic E-state index is 11.5. The molecule has 1 rings (SSSR count). The summed E-state index contributed by atoms with van der Waals surface area (Å²) in [5, 5.41) is 11.6. The van der Waals surface area contributed by atoms with Crippen molar-refractivity contribution < 1.29 is 9.90 Å². The largest absolute Gasteiger partial charge is 0.392 e. The molecule has 0 saturated heterocycles. The molecule has 4 heteroatoms. The zero-order valence-corrected chi connectivity index (χ0v) is 8.73. The first kappa shape index (κ1) is 11.7. The van der Waals surface area contributed by atoms with E-state index in [0.29, 0.717) is 12.1 Å². The SMILES string of the molecule is CC(O)CNC(=O)c1ccc(CN)cc1. The standard InChI is InChI=1S/C11H16N2O2/c1-8(14)7-13-11(15)10-4-2-9(6-12)3-5-10/h2-5,8,14H,6-7,12H2,1H3,(H,13,15). The van der Waals surface area contributed by atoms with Crippen LogP contribution in [0.2, 0.25) is 0 Å². The van der Waals surface area contributed by atoms with E-state index in [1.165, 1.54) is 0 Å². The van der Waals surface area contributed by atoms with Gasteiger partial charge in [-0.25, -0.2) is 0 Å².